The van der Waals surface area contributed by atoms with Crippen LogP contribution in [0.25, 0.3) is 0 Å². The molecule has 1 aromatic heterocycles. The van der Waals surface area contributed by atoms with E-state index in [-0.39, 0.29) is 12.3 Å². The van der Waals surface area contributed by atoms with Gasteiger partial charge in [-0.2, -0.15) is 0 Å². The zero-order valence-electron chi connectivity index (χ0n) is 13.3. The zero-order chi connectivity index (χ0) is 16.9. The van der Waals surface area contributed by atoms with Crippen LogP contribution in [0, 0.1) is 5.92 Å². The Labute approximate surface area is 144 Å². The number of rotatable bonds is 8. The van der Waals surface area contributed by atoms with E-state index in [1.807, 2.05) is 35.7 Å². The van der Waals surface area contributed by atoms with Gasteiger partial charge in [-0.3, -0.25) is 4.79 Å². The van der Waals surface area contributed by atoms with Gasteiger partial charge in [-0.05, 0) is 17.9 Å². The lowest BCUT2D eigenvalue weighted by Gasteiger charge is -2.13. The summed E-state index contributed by atoms with van der Waals surface area (Å²) < 4.78 is 0. The number of carboxylic acid groups (broad SMARTS) is 1. The lowest BCUT2D eigenvalue weighted by atomic mass is 10.1. The summed E-state index contributed by atoms with van der Waals surface area (Å²) in [6, 6.07) is 9.26. The number of nitrogens with zero attached hydrogens (tertiary/aromatic N) is 1. The lowest BCUT2D eigenvalue weighted by molar-refractivity contribution is -0.142. The monoisotopic (exact) mass is 344 g/mol. The smallest absolute Gasteiger partial charge is 0.326 e. The SMILES string of the molecule is O=C(Cc1csc(Cc2ccccc2)n1)NC(CC1CC1)C(=O)O. The Kier molecular flexibility index (Phi) is 5.25. The predicted molar refractivity (Wildman–Crippen MR) is 92.0 cm³/mol. The molecule has 0 spiro atoms. The van der Waals surface area contributed by atoms with Gasteiger partial charge in [0.25, 0.3) is 0 Å². The number of aromatic nitrogens is 1. The molecule has 1 heterocycles. The maximum atomic E-state index is 12.1. The summed E-state index contributed by atoms with van der Waals surface area (Å²) in [5.41, 5.74) is 1.87. The topological polar surface area (TPSA) is 79.3 Å². The van der Waals surface area contributed by atoms with Crippen LogP contribution in [-0.4, -0.2) is 28.0 Å². The van der Waals surface area contributed by atoms with Crippen LogP contribution in [0.4, 0.5) is 0 Å². The minimum Gasteiger partial charge on any atom is -0.480 e. The van der Waals surface area contributed by atoms with Gasteiger partial charge in [0.2, 0.25) is 5.91 Å². The molecule has 0 bridgehead atoms. The van der Waals surface area contributed by atoms with E-state index in [4.69, 9.17) is 0 Å². The van der Waals surface area contributed by atoms with E-state index in [1.165, 1.54) is 16.9 Å². The Hall–Kier alpha value is -2.21. The number of hydrogen-bond acceptors (Lipinski definition) is 4. The molecule has 1 aromatic carbocycles. The predicted octanol–water partition coefficient (Wildman–Crippen LogP) is 2.65. The molecule has 0 radical (unpaired) electrons. The minimum atomic E-state index is -0.960. The summed E-state index contributed by atoms with van der Waals surface area (Å²) >= 11 is 1.52. The molecule has 2 aromatic rings. The molecular weight excluding hydrogens is 324 g/mol. The highest BCUT2D eigenvalue weighted by Gasteiger charge is 2.30. The zero-order valence-corrected chi connectivity index (χ0v) is 14.1. The second kappa shape index (κ2) is 7.57. The van der Waals surface area contributed by atoms with Gasteiger partial charge in [0.15, 0.2) is 0 Å². The third kappa shape index (κ3) is 4.89. The molecule has 2 N–H and O–H groups in total. The van der Waals surface area contributed by atoms with Gasteiger partial charge in [0.05, 0.1) is 17.1 Å². The first-order valence-corrected chi connectivity index (χ1v) is 8.97. The van der Waals surface area contributed by atoms with Crippen LogP contribution in [0.2, 0.25) is 0 Å². The fraction of sp³-hybridized carbons (Fsp3) is 0.389. The Morgan fingerprint density at radius 1 is 1.29 bits per heavy atom. The van der Waals surface area contributed by atoms with Gasteiger partial charge in [0.1, 0.15) is 6.04 Å². The van der Waals surface area contributed by atoms with E-state index in [9.17, 15) is 14.7 Å². The maximum absolute atomic E-state index is 12.1. The van der Waals surface area contributed by atoms with Crippen molar-refractivity contribution in [1.82, 2.24) is 10.3 Å². The van der Waals surface area contributed by atoms with Crippen molar-refractivity contribution in [1.29, 1.82) is 0 Å². The van der Waals surface area contributed by atoms with Crippen LogP contribution in [0.15, 0.2) is 35.7 Å². The molecule has 1 fully saturated rings. The number of nitrogens with one attached hydrogen (secondary N) is 1. The number of carbonyl (C=O) groups excluding carboxylic acids is 1. The number of hydrogen-bond donors (Lipinski definition) is 2. The van der Waals surface area contributed by atoms with Crippen molar-refractivity contribution >= 4 is 23.2 Å². The van der Waals surface area contributed by atoms with E-state index in [1.54, 1.807) is 0 Å². The van der Waals surface area contributed by atoms with E-state index < -0.39 is 12.0 Å². The normalized spacial score (nSPS) is 15.0. The van der Waals surface area contributed by atoms with Crippen molar-refractivity contribution in [3.63, 3.8) is 0 Å². The number of thiazole rings is 1. The van der Waals surface area contributed by atoms with Gasteiger partial charge in [-0.1, -0.05) is 43.2 Å². The summed E-state index contributed by atoms with van der Waals surface area (Å²) in [7, 11) is 0. The summed E-state index contributed by atoms with van der Waals surface area (Å²) in [6.45, 7) is 0. The number of carbonyl (C=O) groups is 2. The average Bonchev–Trinajstić information content (AvgIpc) is 3.27. The van der Waals surface area contributed by atoms with Gasteiger partial charge >= 0.3 is 5.97 Å². The molecule has 1 atom stereocenters. The Balaban J connectivity index is 1.53. The fourth-order valence-electron chi connectivity index (χ4n) is 2.60. The molecule has 1 aliphatic rings. The molecule has 0 saturated heterocycles. The first kappa shape index (κ1) is 16.6. The molecule has 1 saturated carbocycles. The Morgan fingerprint density at radius 3 is 2.71 bits per heavy atom. The Morgan fingerprint density at radius 2 is 2.04 bits per heavy atom. The second-order valence-electron chi connectivity index (χ2n) is 6.21. The molecule has 1 unspecified atom stereocenters. The standard InChI is InChI=1S/C18H20N2O3S/c21-16(20-15(18(22)23)8-13-6-7-13)10-14-11-24-17(19-14)9-12-4-2-1-3-5-12/h1-5,11,13,15H,6-10H2,(H,20,21)(H,22,23). The van der Waals surface area contributed by atoms with E-state index in [2.05, 4.69) is 10.3 Å². The molecular formula is C18H20N2O3S. The largest absolute Gasteiger partial charge is 0.480 e. The third-order valence-electron chi connectivity index (χ3n) is 4.04. The molecule has 1 amide bonds. The van der Waals surface area contributed by atoms with Crippen LogP contribution in [-0.2, 0) is 22.4 Å². The number of amides is 1. The fourth-order valence-corrected chi connectivity index (χ4v) is 3.43. The van der Waals surface area contributed by atoms with Crippen LogP contribution >= 0.6 is 11.3 Å². The van der Waals surface area contributed by atoms with Crippen molar-refractivity contribution in [3.05, 3.63) is 52.0 Å². The van der Waals surface area contributed by atoms with Crippen molar-refractivity contribution < 1.29 is 14.7 Å². The summed E-state index contributed by atoms with van der Waals surface area (Å²) in [5.74, 6) is -0.791. The molecule has 3 rings (SSSR count). The number of aliphatic carboxylic acids is 1. The molecule has 5 nitrogen and oxygen atoms in total. The van der Waals surface area contributed by atoms with Gasteiger partial charge in [-0.15, -0.1) is 11.3 Å². The van der Waals surface area contributed by atoms with Gasteiger partial charge < -0.3 is 10.4 Å². The summed E-state index contributed by atoms with van der Waals surface area (Å²) in [6.07, 6.45) is 3.52. The van der Waals surface area contributed by atoms with Crippen LogP contribution in [0.3, 0.4) is 0 Å². The van der Waals surface area contributed by atoms with Crippen molar-refractivity contribution in [2.75, 3.05) is 0 Å². The number of carboxylic acids is 1. The third-order valence-corrected chi connectivity index (χ3v) is 4.94. The first-order valence-electron chi connectivity index (χ1n) is 8.09. The lowest BCUT2D eigenvalue weighted by Crippen LogP contribution is -2.41. The summed E-state index contributed by atoms with van der Waals surface area (Å²) in [5, 5.41) is 14.7. The van der Waals surface area contributed by atoms with Crippen molar-refractivity contribution in [2.45, 2.75) is 38.1 Å². The van der Waals surface area contributed by atoms with E-state index >= 15 is 0 Å². The van der Waals surface area contributed by atoms with Crippen LogP contribution < -0.4 is 5.32 Å². The quantitative estimate of drug-likeness (QED) is 0.771. The minimum absolute atomic E-state index is 0.125. The summed E-state index contributed by atoms with van der Waals surface area (Å²) in [4.78, 5) is 27.8. The van der Waals surface area contributed by atoms with Gasteiger partial charge in [-0.25, -0.2) is 9.78 Å². The maximum Gasteiger partial charge on any atom is 0.326 e. The van der Waals surface area contributed by atoms with Crippen molar-refractivity contribution in [3.8, 4) is 0 Å². The van der Waals surface area contributed by atoms with Crippen molar-refractivity contribution in [2.24, 2.45) is 5.92 Å². The molecule has 126 valence electrons. The average molecular weight is 344 g/mol. The first-order chi connectivity index (χ1) is 11.6. The molecule has 0 aliphatic heterocycles. The highest BCUT2D eigenvalue weighted by atomic mass is 32.1. The Bertz CT molecular complexity index is 710. The van der Waals surface area contributed by atoms with Gasteiger partial charge in [0, 0.05) is 11.8 Å². The van der Waals surface area contributed by atoms with Crippen LogP contribution in [0.5, 0.6) is 0 Å². The van der Waals surface area contributed by atoms with E-state index in [0.717, 1.165) is 24.3 Å². The highest BCUT2D eigenvalue weighted by molar-refractivity contribution is 7.09. The second-order valence-corrected chi connectivity index (χ2v) is 7.15. The van der Waals surface area contributed by atoms with E-state index in [0.29, 0.717) is 18.0 Å². The molecule has 6 heteroatoms. The van der Waals surface area contributed by atoms with Crippen LogP contribution in [0.1, 0.15) is 35.5 Å². The highest BCUT2D eigenvalue weighted by Crippen LogP contribution is 2.33. The molecule has 1 aliphatic carbocycles. The molecule has 24 heavy (non-hydrogen) atoms. The number of benzene rings is 1.